The number of nitrogens with zero attached hydrogens (tertiary/aromatic N) is 3. The number of hydrogen-bond acceptors (Lipinski definition) is 5. The van der Waals surface area contributed by atoms with Crippen LogP contribution in [0.1, 0.15) is 31.2 Å². The van der Waals surface area contributed by atoms with E-state index in [1.54, 1.807) is 36.3 Å². The molecule has 1 aromatic rings. The number of aliphatic hydroxyl groups is 1. The van der Waals surface area contributed by atoms with Crippen molar-refractivity contribution in [2.75, 3.05) is 59.5 Å². The number of likely N-dealkylation sites (tertiary alicyclic amines) is 1. The average molecular weight is 512 g/mol. The van der Waals surface area contributed by atoms with Crippen LogP contribution < -0.4 is 0 Å². The molecule has 0 aromatic heterocycles. The van der Waals surface area contributed by atoms with Gasteiger partial charge in [0, 0.05) is 58.2 Å². The second-order valence-electron chi connectivity index (χ2n) is 9.04. The number of halogens is 2. The zero-order valence-electron chi connectivity index (χ0n) is 19.8. The SMILES string of the molecule is COC[C@@H]1CCN(CCCCN2CCN(C(=O)C=Cc3ccc(Cl)c(Cl)c3)CCC2=O)C[C@@H]1O. The lowest BCUT2D eigenvalue weighted by Gasteiger charge is -2.35. The molecule has 2 fully saturated rings. The summed E-state index contributed by atoms with van der Waals surface area (Å²) in [6.45, 7) is 5.38. The molecule has 2 amide bonds. The Morgan fingerprint density at radius 3 is 2.68 bits per heavy atom. The molecule has 1 N–H and O–H groups in total. The number of amides is 2. The van der Waals surface area contributed by atoms with E-state index in [1.807, 2.05) is 4.90 Å². The highest BCUT2D eigenvalue weighted by molar-refractivity contribution is 6.42. The zero-order chi connectivity index (χ0) is 24.5. The smallest absolute Gasteiger partial charge is 0.246 e. The fraction of sp³-hybridized carbons (Fsp3) is 0.600. The molecule has 188 valence electrons. The third kappa shape index (κ3) is 7.95. The third-order valence-electron chi connectivity index (χ3n) is 6.60. The maximum atomic E-state index is 12.6. The Balaban J connectivity index is 1.39. The maximum absolute atomic E-state index is 12.6. The van der Waals surface area contributed by atoms with E-state index in [0.29, 0.717) is 55.8 Å². The molecule has 9 heteroatoms. The van der Waals surface area contributed by atoms with Crippen LogP contribution in [0.5, 0.6) is 0 Å². The molecule has 0 saturated carbocycles. The first kappa shape index (κ1) is 27.0. The standard InChI is InChI=1S/C25H35Cl2N3O4/c1-34-18-20-8-12-28(17-23(20)31)10-2-3-11-29-14-15-30(13-9-25(29)33)24(32)7-5-19-4-6-21(26)22(27)16-19/h4-7,16,20,23,31H,2-3,8-15,17-18H2,1H3/t20-,23-/m0/s1. The minimum Gasteiger partial charge on any atom is -0.391 e. The van der Waals surface area contributed by atoms with Gasteiger partial charge in [-0.15, -0.1) is 0 Å². The number of piperidine rings is 1. The molecular formula is C25H35Cl2N3O4. The summed E-state index contributed by atoms with van der Waals surface area (Å²) < 4.78 is 5.18. The second kappa shape index (κ2) is 13.4. The number of benzene rings is 1. The number of rotatable bonds is 9. The highest BCUT2D eigenvalue weighted by Crippen LogP contribution is 2.23. The van der Waals surface area contributed by atoms with Crippen LogP contribution in [-0.4, -0.2) is 97.3 Å². The first-order valence-electron chi connectivity index (χ1n) is 12.0. The molecule has 2 atom stereocenters. The topological polar surface area (TPSA) is 73.3 Å². The van der Waals surface area contributed by atoms with E-state index in [-0.39, 0.29) is 23.8 Å². The Hall–Kier alpha value is -1.64. The molecule has 34 heavy (non-hydrogen) atoms. The summed E-state index contributed by atoms with van der Waals surface area (Å²) in [6.07, 6.45) is 6.06. The van der Waals surface area contributed by atoms with Crippen LogP contribution in [-0.2, 0) is 14.3 Å². The number of methoxy groups -OCH3 is 1. The Morgan fingerprint density at radius 1 is 1.15 bits per heavy atom. The molecule has 2 saturated heterocycles. The average Bonchev–Trinajstić information content (AvgIpc) is 3.00. The number of aliphatic hydroxyl groups excluding tert-OH is 1. The Morgan fingerprint density at radius 2 is 1.94 bits per heavy atom. The molecule has 1 aromatic carbocycles. The van der Waals surface area contributed by atoms with Crippen LogP contribution in [0.15, 0.2) is 24.3 Å². The van der Waals surface area contributed by atoms with Gasteiger partial charge in [0.25, 0.3) is 0 Å². The molecule has 2 aliphatic rings. The minimum atomic E-state index is -0.338. The normalized spacial score (nSPS) is 22.4. The molecule has 7 nitrogen and oxygen atoms in total. The highest BCUT2D eigenvalue weighted by atomic mass is 35.5. The van der Waals surface area contributed by atoms with Crippen molar-refractivity contribution in [1.82, 2.24) is 14.7 Å². The quantitative estimate of drug-likeness (QED) is 0.407. The van der Waals surface area contributed by atoms with Crippen molar-refractivity contribution >= 4 is 41.1 Å². The van der Waals surface area contributed by atoms with E-state index in [2.05, 4.69) is 4.90 Å². The Bertz CT molecular complexity index is 867. The molecule has 2 heterocycles. The molecule has 2 aliphatic heterocycles. The first-order valence-corrected chi connectivity index (χ1v) is 12.7. The van der Waals surface area contributed by atoms with Crippen molar-refractivity contribution in [3.8, 4) is 0 Å². The van der Waals surface area contributed by atoms with Crippen LogP contribution in [0.4, 0.5) is 0 Å². The van der Waals surface area contributed by atoms with E-state index in [9.17, 15) is 14.7 Å². The van der Waals surface area contributed by atoms with E-state index in [1.165, 1.54) is 6.08 Å². The summed E-state index contributed by atoms with van der Waals surface area (Å²) in [4.78, 5) is 31.1. The molecule has 0 spiro atoms. The van der Waals surface area contributed by atoms with Crippen LogP contribution in [0, 0.1) is 5.92 Å². The predicted octanol–water partition coefficient (Wildman–Crippen LogP) is 3.18. The van der Waals surface area contributed by atoms with Crippen molar-refractivity contribution in [3.05, 3.63) is 39.9 Å². The number of β-amino-alcohol motifs (C(OH)–C–C–N with tert-alkyl or cyclic N) is 1. The van der Waals surface area contributed by atoms with Crippen molar-refractivity contribution in [1.29, 1.82) is 0 Å². The fourth-order valence-electron chi connectivity index (χ4n) is 4.51. The van der Waals surface area contributed by atoms with E-state index in [4.69, 9.17) is 27.9 Å². The van der Waals surface area contributed by atoms with Crippen molar-refractivity contribution in [3.63, 3.8) is 0 Å². The van der Waals surface area contributed by atoms with Gasteiger partial charge in [-0.25, -0.2) is 0 Å². The number of hydrogen-bond donors (Lipinski definition) is 1. The predicted molar refractivity (Wildman–Crippen MR) is 135 cm³/mol. The molecule has 0 radical (unpaired) electrons. The van der Waals surface area contributed by atoms with Gasteiger partial charge in [-0.2, -0.15) is 0 Å². The lowest BCUT2D eigenvalue weighted by molar-refractivity contribution is -0.130. The van der Waals surface area contributed by atoms with Crippen molar-refractivity contribution in [2.24, 2.45) is 5.92 Å². The van der Waals surface area contributed by atoms with Crippen molar-refractivity contribution < 1.29 is 19.4 Å². The lowest BCUT2D eigenvalue weighted by Crippen LogP contribution is -2.45. The molecule has 3 rings (SSSR count). The minimum absolute atomic E-state index is 0.0968. The zero-order valence-corrected chi connectivity index (χ0v) is 21.3. The first-order chi connectivity index (χ1) is 16.4. The molecule has 0 bridgehead atoms. The van der Waals surface area contributed by atoms with E-state index in [0.717, 1.165) is 37.9 Å². The molecule has 0 aliphatic carbocycles. The Kier molecular flexibility index (Phi) is 10.7. The number of carbonyl (C=O) groups excluding carboxylic acids is 2. The number of unbranched alkanes of at least 4 members (excludes halogenated alkanes) is 1. The van der Waals surface area contributed by atoms with E-state index < -0.39 is 0 Å². The second-order valence-corrected chi connectivity index (χ2v) is 9.86. The van der Waals surface area contributed by atoms with E-state index >= 15 is 0 Å². The summed E-state index contributed by atoms with van der Waals surface area (Å²) in [7, 11) is 1.67. The number of carbonyl (C=O) groups is 2. The number of ether oxygens (including phenoxy) is 1. The summed E-state index contributed by atoms with van der Waals surface area (Å²) in [5.41, 5.74) is 0.797. The Labute approximate surface area is 212 Å². The van der Waals surface area contributed by atoms with Gasteiger partial charge in [0.1, 0.15) is 0 Å². The van der Waals surface area contributed by atoms with Gasteiger partial charge >= 0.3 is 0 Å². The van der Waals surface area contributed by atoms with Gasteiger partial charge in [-0.05, 0) is 56.1 Å². The maximum Gasteiger partial charge on any atom is 0.246 e. The van der Waals surface area contributed by atoms with Crippen LogP contribution in [0.25, 0.3) is 6.08 Å². The summed E-state index contributed by atoms with van der Waals surface area (Å²) in [5.74, 6) is 0.205. The van der Waals surface area contributed by atoms with Gasteiger partial charge in [0.05, 0.1) is 22.8 Å². The van der Waals surface area contributed by atoms with Gasteiger partial charge in [-0.1, -0.05) is 29.3 Å². The molecule has 0 unspecified atom stereocenters. The van der Waals surface area contributed by atoms with Gasteiger partial charge in [-0.3, -0.25) is 9.59 Å². The highest BCUT2D eigenvalue weighted by Gasteiger charge is 2.27. The van der Waals surface area contributed by atoms with Gasteiger partial charge in [0.15, 0.2) is 0 Å². The lowest BCUT2D eigenvalue weighted by atomic mass is 9.94. The van der Waals surface area contributed by atoms with Crippen LogP contribution in [0.3, 0.4) is 0 Å². The monoisotopic (exact) mass is 511 g/mol. The van der Waals surface area contributed by atoms with Crippen molar-refractivity contribution in [2.45, 2.75) is 31.8 Å². The third-order valence-corrected chi connectivity index (χ3v) is 7.34. The van der Waals surface area contributed by atoms with Gasteiger partial charge in [0.2, 0.25) is 11.8 Å². The van der Waals surface area contributed by atoms with Crippen LogP contribution in [0.2, 0.25) is 10.0 Å². The summed E-state index contributed by atoms with van der Waals surface area (Å²) in [5, 5.41) is 11.2. The van der Waals surface area contributed by atoms with Gasteiger partial charge < -0.3 is 24.5 Å². The fourth-order valence-corrected chi connectivity index (χ4v) is 4.81. The summed E-state index contributed by atoms with van der Waals surface area (Å²) in [6, 6.07) is 5.21. The van der Waals surface area contributed by atoms with Crippen LogP contribution >= 0.6 is 23.2 Å². The largest absolute Gasteiger partial charge is 0.391 e. The summed E-state index contributed by atoms with van der Waals surface area (Å²) >= 11 is 12.0. The molecular weight excluding hydrogens is 477 g/mol.